The van der Waals surface area contributed by atoms with Crippen LogP contribution in [0.4, 0.5) is 0 Å². The van der Waals surface area contributed by atoms with Crippen LogP contribution in [-0.4, -0.2) is 43.5 Å². The molecule has 1 saturated heterocycles. The van der Waals surface area contributed by atoms with E-state index in [1.54, 1.807) is 6.92 Å². The highest BCUT2D eigenvalue weighted by atomic mass is 35.5. The molecular weight excluding hydrogens is 288 g/mol. The molecule has 1 unspecified atom stereocenters. The van der Waals surface area contributed by atoms with Crippen molar-refractivity contribution in [3.8, 4) is 5.75 Å². The van der Waals surface area contributed by atoms with E-state index in [0.717, 1.165) is 36.5 Å². The molecule has 1 aliphatic heterocycles. The highest BCUT2D eigenvalue weighted by Gasteiger charge is 2.22. The number of benzene rings is 1. The molecule has 1 aromatic carbocycles. The molecule has 1 fully saturated rings. The average Bonchev–Trinajstić information content (AvgIpc) is 2.88. The fourth-order valence-electron chi connectivity index (χ4n) is 2.67. The van der Waals surface area contributed by atoms with Gasteiger partial charge in [0.15, 0.2) is 5.78 Å². The molecule has 0 radical (unpaired) electrons. The summed E-state index contributed by atoms with van der Waals surface area (Å²) in [6, 6.07) is 6.31. The molecule has 0 spiro atoms. The zero-order chi connectivity index (χ0) is 14.5. The molecule has 21 heavy (non-hydrogen) atoms. The molecule has 1 aliphatic rings. The van der Waals surface area contributed by atoms with Crippen molar-refractivity contribution in [1.29, 1.82) is 0 Å². The first-order valence-corrected chi connectivity index (χ1v) is 7.30. The third-order valence-corrected chi connectivity index (χ3v) is 3.84. The van der Waals surface area contributed by atoms with Gasteiger partial charge in [0.25, 0.3) is 0 Å². The maximum absolute atomic E-state index is 11.5. The monoisotopic (exact) mass is 312 g/mol. The molecule has 4 nitrogen and oxygen atoms in total. The normalized spacial score (nSPS) is 18.3. The quantitative estimate of drug-likeness (QED) is 0.820. The van der Waals surface area contributed by atoms with Crippen LogP contribution in [0, 0.1) is 0 Å². The predicted octanol–water partition coefficient (Wildman–Crippen LogP) is 2.50. The Hall–Kier alpha value is -1.10. The Bertz CT molecular complexity index is 479. The molecule has 1 aromatic rings. The lowest BCUT2D eigenvalue weighted by molar-refractivity contribution is 0.101. The highest BCUT2D eigenvalue weighted by Crippen LogP contribution is 2.24. The maximum Gasteiger partial charge on any atom is 0.159 e. The minimum Gasteiger partial charge on any atom is -0.494 e. The second-order valence-corrected chi connectivity index (χ2v) is 5.32. The van der Waals surface area contributed by atoms with Crippen molar-refractivity contribution in [3.63, 3.8) is 0 Å². The first-order chi connectivity index (χ1) is 9.63. The van der Waals surface area contributed by atoms with Crippen LogP contribution in [0.3, 0.4) is 0 Å². The number of ether oxygens (including phenoxy) is 1. The Kier molecular flexibility index (Phi) is 7.15. The van der Waals surface area contributed by atoms with E-state index < -0.39 is 0 Å². The van der Waals surface area contributed by atoms with Gasteiger partial charge in [0.1, 0.15) is 5.75 Å². The Morgan fingerprint density at radius 3 is 2.81 bits per heavy atom. The number of likely N-dealkylation sites (tertiary alicyclic amines) is 1. The molecule has 118 valence electrons. The van der Waals surface area contributed by atoms with E-state index in [4.69, 9.17) is 4.74 Å². The summed E-state index contributed by atoms with van der Waals surface area (Å²) in [7, 11) is 2.01. The Morgan fingerprint density at radius 1 is 1.48 bits per heavy atom. The smallest absolute Gasteiger partial charge is 0.159 e. The standard InChI is InChI=1S/C16H24N2O2.ClH/c1-4-20-16-6-5-13(12(2)19)9-14(16)10-18-8-7-15(11-18)17-3;/h5-6,9,15,17H,4,7-8,10-11H2,1-3H3;1H. The number of carbonyl (C=O) groups excluding carboxylic acids is 1. The van der Waals surface area contributed by atoms with Crippen LogP contribution in [0.15, 0.2) is 18.2 Å². The SMILES string of the molecule is CCOc1ccc(C(C)=O)cc1CN1CCC(NC)C1.Cl. The molecule has 0 aromatic heterocycles. The van der Waals surface area contributed by atoms with Crippen molar-refractivity contribution >= 4 is 18.2 Å². The zero-order valence-corrected chi connectivity index (χ0v) is 13.8. The van der Waals surface area contributed by atoms with E-state index in [2.05, 4.69) is 10.2 Å². The fraction of sp³-hybridized carbons (Fsp3) is 0.562. The van der Waals surface area contributed by atoms with Gasteiger partial charge in [-0.1, -0.05) is 0 Å². The van der Waals surface area contributed by atoms with Gasteiger partial charge in [0.05, 0.1) is 6.61 Å². The Labute approximate surface area is 133 Å². The molecule has 0 saturated carbocycles. The number of hydrogen-bond donors (Lipinski definition) is 1. The zero-order valence-electron chi connectivity index (χ0n) is 13.0. The summed E-state index contributed by atoms with van der Waals surface area (Å²) in [5.41, 5.74) is 1.86. The summed E-state index contributed by atoms with van der Waals surface area (Å²) in [5, 5.41) is 3.32. The Balaban J connectivity index is 0.00000220. The van der Waals surface area contributed by atoms with Gasteiger partial charge in [-0.15, -0.1) is 12.4 Å². The summed E-state index contributed by atoms with van der Waals surface area (Å²) in [4.78, 5) is 13.9. The molecule has 1 N–H and O–H groups in total. The lowest BCUT2D eigenvalue weighted by Crippen LogP contribution is -2.29. The summed E-state index contributed by atoms with van der Waals surface area (Å²) in [5.74, 6) is 0.995. The first-order valence-electron chi connectivity index (χ1n) is 7.30. The minimum absolute atomic E-state index is 0. The second-order valence-electron chi connectivity index (χ2n) is 5.32. The van der Waals surface area contributed by atoms with Crippen molar-refractivity contribution in [2.45, 2.75) is 32.9 Å². The molecule has 0 aliphatic carbocycles. The lowest BCUT2D eigenvalue weighted by Gasteiger charge is -2.19. The van der Waals surface area contributed by atoms with Gasteiger partial charge in [-0.05, 0) is 45.5 Å². The van der Waals surface area contributed by atoms with Crippen LogP contribution in [0.2, 0.25) is 0 Å². The number of nitrogens with one attached hydrogen (secondary N) is 1. The van der Waals surface area contributed by atoms with Crippen LogP contribution in [0.25, 0.3) is 0 Å². The third kappa shape index (κ3) is 4.70. The van der Waals surface area contributed by atoms with Crippen LogP contribution in [-0.2, 0) is 6.54 Å². The number of ketones is 1. The molecule has 5 heteroatoms. The number of nitrogens with zero attached hydrogens (tertiary/aromatic N) is 1. The number of hydrogen-bond acceptors (Lipinski definition) is 4. The van der Waals surface area contributed by atoms with Crippen molar-refractivity contribution < 1.29 is 9.53 Å². The summed E-state index contributed by atoms with van der Waals surface area (Å²) < 4.78 is 5.68. The van der Waals surface area contributed by atoms with E-state index in [1.807, 2.05) is 32.2 Å². The number of rotatable bonds is 6. The summed E-state index contributed by atoms with van der Waals surface area (Å²) in [6.45, 7) is 7.20. The van der Waals surface area contributed by atoms with E-state index in [-0.39, 0.29) is 18.2 Å². The fourth-order valence-corrected chi connectivity index (χ4v) is 2.67. The number of likely N-dealkylation sites (N-methyl/N-ethyl adjacent to an activating group) is 1. The second kappa shape index (κ2) is 8.37. The molecular formula is C16H25ClN2O2. The van der Waals surface area contributed by atoms with E-state index in [1.165, 1.54) is 6.42 Å². The first kappa shape index (κ1) is 18.0. The van der Waals surface area contributed by atoms with Crippen LogP contribution in [0.1, 0.15) is 36.2 Å². The Morgan fingerprint density at radius 2 is 2.24 bits per heavy atom. The third-order valence-electron chi connectivity index (χ3n) is 3.84. The topological polar surface area (TPSA) is 41.6 Å². The maximum atomic E-state index is 11.5. The van der Waals surface area contributed by atoms with Gasteiger partial charge in [-0.3, -0.25) is 9.69 Å². The van der Waals surface area contributed by atoms with Crippen LogP contribution in [0.5, 0.6) is 5.75 Å². The largest absolute Gasteiger partial charge is 0.494 e. The summed E-state index contributed by atoms with van der Waals surface area (Å²) in [6.07, 6.45) is 1.17. The highest BCUT2D eigenvalue weighted by molar-refractivity contribution is 5.94. The van der Waals surface area contributed by atoms with Crippen molar-refractivity contribution in [2.24, 2.45) is 0 Å². The average molecular weight is 313 g/mol. The predicted molar refractivity (Wildman–Crippen MR) is 87.6 cm³/mol. The van der Waals surface area contributed by atoms with Gasteiger partial charge in [0.2, 0.25) is 0 Å². The van der Waals surface area contributed by atoms with Crippen molar-refractivity contribution in [2.75, 3.05) is 26.7 Å². The molecule has 1 heterocycles. The van der Waals surface area contributed by atoms with Crippen molar-refractivity contribution in [1.82, 2.24) is 10.2 Å². The summed E-state index contributed by atoms with van der Waals surface area (Å²) >= 11 is 0. The van der Waals surface area contributed by atoms with Gasteiger partial charge >= 0.3 is 0 Å². The van der Waals surface area contributed by atoms with Gasteiger partial charge in [0, 0.05) is 36.8 Å². The molecule has 0 amide bonds. The van der Waals surface area contributed by atoms with E-state index in [0.29, 0.717) is 12.6 Å². The number of halogens is 1. The lowest BCUT2D eigenvalue weighted by atomic mass is 10.1. The number of Topliss-reactive ketones (excluding diaryl/α,β-unsaturated/α-hetero) is 1. The van der Waals surface area contributed by atoms with Crippen LogP contribution < -0.4 is 10.1 Å². The van der Waals surface area contributed by atoms with Gasteiger partial charge in [-0.2, -0.15) is 0 Å². The van der Waals surface area contributed by atoms with Crippen LogP contribution >= 0.6 is 12.4 Å². The van der Waals surface area contributed by atoms with E-state index in [9.17, 15) is 4.79 Å². The van der Waals surface area contributed by atoms with E-state index >= 15 is 0 Å². The minimum atomic E-state index is 0. The molecule has 2 rings (SSSR count). The number of carbonyl (C=O) groups is 1. The molecule has 1 atom stereocenters. The van der Waals surface area contributed by atoms with Crippen molar-refractivity contribution in [3.05, 3.63) is 29.3 Å². The van der Waals surface area contributed by atoms with Gasteiger partial charge in [-0.25, -0.2) is 0 Å². The van der Waals surface area contributed by atoms with Gasteiger partial charge < -0.3 is 10.1 Å². The molecule has 0 bridgehead atoms.